The van der Waals surface area contributed by atoms with Gasteiger partial charge in [0.25, 0.3) is 11.8 Å². The summed E-state index contributed by atoms with van der Waals surface area (Å²) in [6.45, 7) is 6.02. The third kappa shape index (κ3) is 3.00. The highest BCUT2D eigenvalue weighted by Crippen LogP contribution is 2.24. The van der Waals surface area contributed by atoms with Gasteiger partial charge in [0.05, 0.1) is 0 Å². The fourth-order valence-electron chi connectivity index (χ4n) is 3.00. The predicted molar refractivity (Wildman–Crippen MR) is 101 cm³/mol. The molecule has 2 amide bonds. The molecule has 2 heterocycles. The molecule has 1 N–H and O–H groups in total. The SMILES string of the molecule is Cc1cccc(-n2c(C)cc(/C=C3\C(=O)NC(=S)N(C)C3=O)c2C)c1. The first-order chi connectivity index (χ1) is 11.8. The van der Waals surface area contributed by atoms with E-state index in [1.165, 1.54) is 10.5 Å². The van der Waals surface area contributed by atoms with E-state index in [0.717, 1.165) is 22.6 Å². The van der Waals surface area contributed by atoms with E-state index >= 15 is 0 Å². The Bertz CT molecular complexity index is 940. The first-order valence-corrected chi connectivity index (χ1v) is 8.31. The Balaban J connectivity index is 2.08. The molecule has 0 unspecified atom stereocenters. The van der Waals surface area contributed by atoms with Crippen molar-refractivity contribution in [1.29, 1.82) is 0 Å². The van der Waals surface area contributed by atoms with Gasteiger partial charge in [0, 0.05) is 24.1 Å². The van der Waals surface area contributed by atoms with Crippen LogP contribution in [0.2, 0.25) is 0 Å². The van der Waals surface area contributed by atoms with Gasteiger partial charge in [-0.15, -0.1) is 0 Å². The molecule has 1 aliphatic rings. The van der Waals surface area contributed by atoms with Gasteiger partial charge in [-0.3, -0.25) is 19.8 Å². The Kier molecular flexibility index (Phi) is 4.30. The van der Waals surface area contributed by atoms with Crippen molar-refractivity contribution < 1.29 is 9.59 Å². The minimum absolute atomic E-state index is 0.0839. The number of carbonyl (C=O) groups is 2. The van der Waals surface area contributed by atoms with Crippen LogP contribution in [-0.2, 0) is 9.59 Å². The summed E-state index contributed by atoms with van der Waals surface area (Å²) in [5.74, 6) is -0.859. The van der Waals surface area contributed by atoms with Crippen molar-refractivity contribution in [3.05, 3.63) is 58.4 Å². The summed E-state index contributed by atoms with van der Waals surface area (Å²) >= 11 is 4.97. The molecule has 2 aromatic rings. The monoisotopic (exact) mass is 353 g/mol. The summed E-state index contributed by atoms with van der Waals surface area (Å²) < 4.78 is 2.11. The Hall–Kier alpha value is -2.73. The van der Waals surface area contributed by atoms with Gasteiger partial charge in [0.2, 0.25) is 0 Å². The standard InChI is InChI=1S/C19H19N3O2S/c1-11-6-5-7-15(8-11)22-12(2)9-14(13(22)3)10-16-17(23)20-19(25)21(4)18(16)24/h5-10H,1-4H3,(H,20,23,25)/b16-10+. The van der Waals surface area contributed by atoms with Crippen LogP contribution in [0, 0.1) is 20.8 Å². The van der Waals surface area contributed by atoms with Gasteiger partial charge in [-0.2, -0.15) is 0 Å². The highest BCUT2D eigenvalue weighted by atomic mass is 32.1. The van der Waals surface area contributed by atoms with Crippen LogP contribution in [-0.4, -0.2) is 33.4 Å². The van der Waals surface area contributed by atoms with Gasteiger partial charge in [-0.1, -0.05) is 12.1 Å². The Morgan fingerprint density at radius 2 is 1.84 bits per heavy atom. The molecule has 0 atom stereocenters. The maximum atomic E-state index is 12.4. The summed E-state index contributed by atoms with van der Waals surface area (Å²) in [7, 11) is 1.55. The lowest BCUT2D eigenvalue weighted by Gasteiger charge is -2.25. The number of hydrogen-bond donors (Lipinski definition) is 1. The van der Waals surface area contributed by atoms with Crippen molar-refractivity contribution in [2.24, 2.45) is 0 Å². The van der Waals surface area contributed by atoms with Crippen molar-refractivity contribution in [3.63, 3.8) is 0 Å². The van der Waals surface area contributed by atoms with Crippen molar-refractivity contribution in [1.82, 2.24) is 14.8 Å². The molecule has 0 radical (unpaired) electrons. The second-order valence-electron chi connectivity index (χ2n) is 6.18. The largest absolute Gasteiger partial charge is 0.318 e. The number of aromatic nitrogens is 1. The third-order valence-electron chi connectivity index (χ3n) is 4.33. The van der Waals surface area contributed by atoms with E-state index in [0.29, 0.717) is 0 Å². The lowest BCUT2D eigenvalue weighted by Crippen LogP contribution is -2.52. The second kappa shape index (κ2) is 6.29. The van der Waals surface area contributed by atoms with Gasteiger partial charge in [0.15, 0.2) is 5.11 Å². The van der Waals surface area contributed by atoms with E-state index in [9.17, 15) is 9.59 Å². The quantitative estimate of drug-likeness (QED) is 0.513. The second-order valence-corrected chi connectivity index (χ2v) is 6.57. The number of benzene rings is 1. The summed E-state index contributed by atoms with van der Waals surface area (Å²) in [6, 6.07) is 10.2. The number of nitrogens with one attached hydrogen (secondary N) is 1. The average Bonchev–Trinajstić information content (AvgIpc) is 2.83. The first kappa shape index (κ1) is 17.1. The van der Waals surface area contributed by atoms with E-state index < -0.39 is 11.8 Å². The number of aryl methyl sites for hydroxylation is 2. The zero-order valence-corrected chi connectivity index (χ0v) is 15.4. The minimum atomic E-state index is -0.464. The maximum Gasteiger partial charge on any atom is 0.265 e. The van der Waals surface area contributed by atoms with Crippen LogP contribution in [0.1, 0.15) is 22.5 Å². The van der Waals surface area contributed by atoms with Crippen molar-refractivity contribution in [3.8, 4) is 5.69 Å². The maximum absolute atomic E-state index is 12.4. The highest BCUT2D eigenvalue weighted by Gasteiger charge is 2.31. The summed E-state index contributed by atoms with van der Waals surface area (Å²) in [5.41, 5.74) is 5.13. The number of rotatable bonds is 2. The van der Waals surface area contributed by atoms with Gasteiger partial charge in [-0.25, -0.2) is 0 Å². The van der Waals surface area contributed by atoms with Crippen LogP contribution >= 0.6 is 12.2 Å². The fourth-order valence-corrected chi connectivity index (χ4v) is 3.17. The van der Waals surface area contributed by atoms with E-state index in [2.05, 4.69) is 16.0 Å². The number of thiocarbonyl (C=S) groups is 1. The van der Waals surface area contributed by atoms with Crippen molar-refractivity contribution in [2.75, 3.05) is 7.05 Å². The van der Waals surface area contributed by atoms with Crippen molar-refractivity contribution >= 4 is 35.2 Å². The van der Waals surface area contributed by atoms with Crippen LogP contribution < -0.4 is 5.32 Å². The lowest BCUT2D eigenvalue weighted by molar-refractivity contribution is -0.128. The lowest BCUT2D eigenvalue weighted by atomic mass is 10.1. The molecule has 25 heavy (non-hydrogen) atoms. The Morgan fingerprint density at radius 3 is 2.52 bits per heavy atom. The molecule has 0 aliphatic carbocycles. The van der Waals surface area contributed by atoms with E-state index in [-0.39, 0.29) is 10.7 Å². The highest BCUT2D eigenvalue weighted by molar-refractivity contribution is 7.80. The summed E-state index contributed by atoms with van der Waals surface area (Å²) in [4.78, 5) is 25.8. The van der Waals surface area contributed by atoms with E-state index in [1.807, 2.05) is 45.0 Å². The van der Waals surface area contributed by atoms with Crippen LogP contribution in [0.15, 0.2) is 35.9 Å². The molecule has 1 aliphatic heterocycles. The van der Waals surface area contributed by atoms with Crippen LogP contribution in [0.5, 0.6) is 0 Å². The number of carbonyl (C=O) groups excluding carboxylic acids is 2. The number of amides is 2. The van der Waals surface area contributed by atoms with Crippen molar-refractivity contribution in [2.45, 2.75) is 20.8 Å². The fraction of sp³-hybridized carbons (Fsp3) is 0.211. The van der Waals surface area contributed by atoms with Crippen LogP contribution in [0.3, 0.4) is 0 Å². The zero-order chi connectivity index (χ0) is 18.3. The third-order valence-corrected chi connectivity index (χ3v) is 4.71. The Labute approximate surface area is 151 Å². The topological polar surface area (TPSA) is 54.3 Å². The Morgan fingerprint density at radius 1 is 1.12 bits per heavy atom. The van der Waals surface area contributed by atoms with E-state index in [4.69, 9.17) is 12.2 Å². The number of likely N-dealkylation sites (N-methyl/N-ethyl adjacent to an activating group) is 1. The molecule has 1 aromatic heterocycles. The molecule has 0 saturated carbocycles. The molecule has 6 heteroatoms. The molecule has 5 nitrogen and oxygen atoms in total. The van der Waals surface area contributed by atoms with Gasteiger partial charge < -0.3 is 4.57 Å². The molecule has 1 saturated heterocycles. The molecule has 3 rings (SSSR count). The van der Waals surface area contributed by atoms with Crippen LogP contribution in [0.4, 0.5) is 0 Å². The zero-order valence-electron chi connectivity index (χ0n) is 14.6. The molecule has 128 valence electrons. The summed E-state index contributed by atoms with van der Waals surface area (Å²) in [6.07, 6.45) is 1.63. The van der Waals surface area contributed by atoms with Gasteiger partial charge in [0.1, 0.15) is 5.57 Å². The molecule has 1 aromatic carbocycles. The molecule has 0 bridgehead atoms. The molecular weight excluding hydrogens is 334 g/mol. The smallest absolute Gasteiger partial charge is 0.265 e. The van der Waals surface area contributed by atoms with Gasteiger partial charge in [-0.05, 0) is 68.4 Å². The average molecular weight is 353 g/mol. The number of nitrogens with zero attached hydrogens (tertiary/aromatic N) is 2. The van der Waals surface area contributed by atoms with Crippen LogP contribution in [0.25, 0.3) is 11.8 Å². The molecule has 0 spiro atoms. The van der Waals surface area contributed by atoms with Gasteiger partial charge >= 0.3 is 0 Å². The molecule has 1 fully saturated rings. The predicted octanol–water partition coefficient (Wildman–Crippen LogP) is 2.66. The normalized spacial score (nSPS) is 16.6. The minimum Gasteiger partial charge on any atom is -0.318 e. The summed E-state index contributed by atoms with van der Waals surface area (Å²) in [5, 5.41) is 2.65. The van der Waals surface area contributed by atoms with E-state index in [1.54, 1.807) is 13.1 Å². The first-order valence-electron chi connectivity index (χ1n) is 7.90. The number of hydrogen-bond acceptors (Lipinski definition) is 3. The molecular formula is C19H19N3O2S.